The Bertz CT molecular complexity index is 1890. The molecule has 3 aromatic rings. The van der Waals surface area contributed by atoms with Crippen molar-refractivity contribution in [3.05, 3.63) is 75.1 Å². The molecule has 0 spiro atoms. The van der Waals surface area contributed by atoms with Crippen LogP contribution in [0.25, 0.3) is 10.8 Å². The molecule has 282 valence electrons. The van der Waals surface area contributed by atoms with Gasteiger partial charge in [-0.3, -0.25) is 28.5 Å². The van der Waals surface area contributed by atoms with Crippen LogP contribution in [-0.2, 0) is 28.2 Å². The molecular formula is C37H49N4O10P. The van der Waals surface area contributed by atoms with Crippen LogP contribution in [-0.4, -0.2) is 64.5 Å². The number of hydrogen-bond acceptors (Lipinski definition) is 10. The number of aliphatic hydroxyl groups is 1. The summed E-state index contributed by atoms with van der Waals surface area (Å²) in [6, 6.07) is 11.4. The van der Waals surface area contributed by atoms with Crippen molar-refractivity contribution >= 4 is 30.4 Å². The summed E-state index contributed by atoms with van der Waals surface area (Å²) < 4.78 is 38.3. The molecule has 52 heavy (non-hydrogen) atoms. The molecule has 0 radical (unpaired) electrons. The van der Waals surface area contributed by atoms with Gasteiger partial charge in [0.15, 0.2) is 0 Å². The number of nitrogens with one attached hydrogen (secondary N) is 3. The van der Waals surface area contributed by atoms with Gasteiger partial charge < -0.3 is 24.4 Å². The first kappa shape index (κ1) is 40.5. The van der Waals surface area contributed by atoms with Crippen molar-refractivity contribution in [1.82, 2.24) is 20.0 Å². The van der Waals surface area contributed by atoms with E-state index in [0.717, 1.165) is 42.1 Å². The Kier molecular flexibility index (Phi) is 15.2. The summed E-state index contributed by atoms with van der Waals surface area (Å²) in [5.74, 6) is 4.94. The molecule has 0 aliphatic carbocycles. The summed E-state index contributed by atoms with van der Waals surface area (Å²) in [6.45, 7) is 7.10. The Morgan fingerprint density at radius 1 is 1.10 bits per heavy atom. The minimum atomic E-state index is -4.34. The molecule has 14 nitrogen and oxygen atoms in total. The van der Waals surface area contributed by atoms with Crippen LogP contribution in [0, 0.1) is 17.8 Å². The van der Waals surface area contributed by atoms with Gasteiger partial charge in [-0.05, 0) is 30.7 Å². The summed E-state index contributed by atoms with van der Waals surface area (Å²) in [4.78, 5) is 52.3. The number of amides is 1. The molecule has 1 saturated heterocycles. The zero-order valence-corrected chi connectivity index (χ0v) is 31.0. The van der Waals surface area contributed by atoms with Crippen LogP contribution in [0.1, 0.15) is 84.4 Å². The van der Waals surface area contributed by atoms with Crippen molar-refractivity contribution in [2.45, 2.75) is 97.1 Å². The molecule has 0 saturated carbocycles. The van der Waals surface area contributed by atoms with Crippen molar-refractivity contribution in [3.63, 3.8) is 0 Å². The molecule has 2 heterocycles. The number of carbonyl (C=O) groups excluding carboxylic acids is 2. The minimum Gasteiger partial charge on any atom is -0.464 e. The fourth-order valence-corrected chi connectivity index (χ4v) is 6.93. The monoisotopic (exact) mass is 740 g/mol. The van der Waals surface area contributed by atoms with E-state index in [1.165, 1.54) is 13.1 Å². The zero-order chi connectivity index (χ0) is 37.7. The predicted octanol–water partition coefficient (Wildman–Crippen LogP) is 4.55. The van der Waals surface area contributed by atoms with Crippen molar-refractivity contribution in [1.29, 1.82) is 0 Å². The number of rotatable bonds is 18. The van der Waals surface area contributed by atoms with Gasteiger partial charge in [0.1, 0.15) is 29.7 Å². The standard InChI is InChI=1S/C37H49N4O10P/c1-5-6-7-8-9-19-33(43)38-20-13-16-28-22-41(37(46)39-35(28)44)34-21-30(42)32(50-34)24-49-52(47,40-26(4)36(45)48-23-25(2)3)51-31-18-12-15-27-14-10-11-17-29(27)31/h10-12,14-15,17-18,22,25-26,30,32,34,42H,5-9,19-21,23-24H2,1-4H3,(H,38,43)(H,40,47)(H,39,44,46)/t26-,30-,32+,34?,52?/m0/s1. The topological polar surface area (TPSA) is 187 Å². The largest absolute Gasteiger partial charge is 0.464 e. The molecule has 1 aromatic heterocycles. The second-order valence-electron chi connectivity index (χ2n) is 13.1. The second kappa shape index (κ2) is 19.5. The van der Waals surface area contributed by atoms with E-state index < -0.39 is 56.0 Å². The van der Waals surface area contributed by atoms with E-state index in [9.17, 15) is 28.8 Å². The number of unbranched alkanes of at least 4 members (excludes halogenated alkanes) is 4. The van der Waals surface area contributed by atoms with Crippen LogP contribution in [0.5, 0.6) is 5.75 Å². The third kappa shape index (κ3) is 11.9. The lowest BCUT2D eigenvalue weighted by Gasteiger charge is -2.25. The van der Waals surface area contributed by atoms with Crippen LogP contribution in [0.15, 0.2) is 58.3 Å². The van der Waals surface area contributed by atoms with Crippen LogP contribution in [0.3, 0.4) is 0 Å². The van der Waals surface area contributed by atoms with Crippen LogP contribution in [0.4, 0.5) is 0 Å². The maximum Gasteiger partial charge on any atom is 0.459 e. The SMILES string of the molecule is CCCCCCCC(=O)NCC#Cc1cn(C2C[C@H](O)[C@@H](COP(=O)(N[C@@H](C)C(=O)OCC(C)C)Oc3cccc4ccccc34)O2)c(=O)[nH]c1=O. The van der Waals surface area contributed by atoms with Crippen LogP contribution < -0.4 is 26.2 Å². The van der Waals surface area contributed by atoms with E-state index in [2.05, 4.69) is 34.2 Å². The quantitative estimate of drug-likeness (QED) is 0.0621. The highest BCUT2D eigenvalue weighted by atomic mass is 31.2. The molecule has 2 aromatic carbocycles. The second-order valence-corrected chi connectivity index (χ2v) is 14.8. The van der Waals surface area contributed by atoms with E-state index in [1.807, 2.05) is 32.0 Å². The molecular weight excluding hydrogens is 691 g/mol. The summed E-state index contributed by atoms with van der Waals surface area (Å²) in [5.41, 5.74) is -1.54. The Hall–Kier alpha value is -4.25. The first-order valence-corrected chi connectivity index (χ1v) is 19.2. The van der Waals surface area contributed by atoms with Crippen molar-refractivity contribution in [3.8, 4) is 17.6 Å². The van der Waals surface area contributed by atoms with E-state index in [4.69, 9.17) is 18.5 Å². The molecule has 2 unspecified atom stereocenters. The Morgan fingerprint density at radius 3 is 2.62 bits per heavy atom. The number of fused-ring (bicyclic) bond motifs is 1. The molecule has 1 aliphatic rings. The van der Waals surface area contributed by atoms with Crippen molar-refractivity contribution in [2.24, 2.45) is 5.92 Å². The van der Waals surface area contributed by atoms with Gasteiger partial charge in [-0.15, -0.1) is 0 Å². The van der Waals surface area contributed by atoms with E-state index in [1.54, 1.807) is 24.3 Å². The minimum absolute atomic E-state index is 0.0212. The molecule has 4 rings (SSSR count). The zero-order valence-electron chi connectivity index (χ0n) is 30.1. The van der Waals surface area contributed by atoms with Crippen molar-refractivity contribution in [2.75, 3.05) is 19.8 Å². The Morgan fingerprint density at radius 2 is 1.85 bits per heavy atom. The summed E-state index contributed by atoms with van der Waals surface area (Å²) in [5, 5.41) is 17.7. The normalized spacial score (nSPS) is 18.7. The van der Waals surface area contributed by atoms with Gasteiger partial charge in [0.2, 0.25) is 5.91 Å². The molecule has 1 aliphatic heterocycles. The van der Waals surface area contributed by atoms with Crippen LogP contribution >= 0.6 is 7.75 Å². The van der Waals surface area contributed by atoms with E-state index in [0.29, 0.717) is 11.8 Å². The number of nitrogens with zero attached hydrogens (tertiary/aromatic N) is 1. The van der Waals surface area contributed by atoms with Crippen LogP contribution in [0.2, 0.25) is 0 Å². The average molecular weight is 741 g/mol. The lowest BCUT2D eigenvalue weighted by Crippen LogP contribution is -2.37. The maximum absolute atomic E-state index is 14.3. The smallest absolute Gasteiger partial charge is 0.459 e. The van der Waals surface area contributed by atoms with Gasteiger partial charge in [-0.1, -0.05) is 94.7 Å². The predicted molar refractivity (Wildman–Crippen MR) is 196 cm³/mol. The number of esters is 1. The number of aliphatic hydroxyl groups excluding tert-OH is 1. The highest BCUT2D eigenvalue weighted by Crippen LogP contribution is 2.47. The van der Waals surface area contributed by atoms with Crippen molar-refractivity contribution < 1.29 is 37.8 Å². The van der Waals surface area contributed by atoms with Gasteiger partial charge in [-0.25, -0.2) is 9.36 Å². The number of hydrogen-bond donors (Lipinski definition) is 4. The molecule has 15 heteroatoms. The fourth-order valence-electron chi connectivity index (χ4n) is 5.41. The van der Waals surface area contributed by atoms with E-state index >= 15 is 0 Å². The molecule has 1 fully saturated rings. The first-order valence-electron chi connectivity index (χ1n) is 17.7. The lowest BCUT2D eigenvalue weighted by atomic mass is 10.1. The van der Waals surface area contributed by atoms with Gasteiger partial charge in [0.05, 0.1) is 25.9 Å². The van der Waals surface area contributed by atoms with E-state index in [-0.39, 0.29) is 42.7 Å². The number of benzene rings is 2. The Balaban J connectivity index is 1.44. The number of aromatic amines is 1. The highest BCUT2D eigenvalue weighted by Gasteiger charge is 2.40. The average Bonchev–Trinajstić information content (AvgIpc) is 3.48. The number of aromatic nitrogens is 2. The van der Waals surface area contributed by atoms with Gasteiger partial charge in [0.25, 0.3) is 5.56 Å². The Labute approximate surface area is 303 Å². The summed E-state index contributed by atoms with van der Waals surface area (Å²) in [6.07, 6.45) is 3.40. The highest BCUT2D eigenvalue weighted by molar-refractivity contribution is 7.52. The molecule has 4 N–H and O–H groups in total. The van der Waals surface area contributed by atoms with Gasteiger partial charge in [-0.2, -0.15) is 5.09 Å². The van der Waals surface area contributed by atoms with Gasteiger partial charge in [0, 0.05) is 24.4 Å². The maximum atomic E-state index is 14.3. The molecule has 5 atom stereocenters. The third-order valence-corrected chi connectivity index (χ3v) is 9.86. The molecule has 1 amide bonds. The summed E-state index contributed by atoms with van der Waals surface area (Å²) >= 11 is 0. The first-order chi connectivity index (χ1) is 24.9. The lowest BCUT2D eigenvalue weighted by molar-refractivity contribution is -0.146. The summed E-state index contributed by atoms with van der Waals surface area (Å²) in [7, 11) is -4.34. The number of carbonyl (C=O) groups is 2. The number of H-pyrrole nitrogens is 1. The fraction of sp³-hybridized carbons (Fsp3) is 0.514. The number of ether oxygens (including phenoxy) is 2. The molecule has 0 bridgehead atoms. The third-order valence-electron chi connectivity index (χ3n) is 8.23. The van der Waals surface area contributed by atoms with Gasteiger partial charge >= 0.3 is 19.4 Å².